The Kier molecular flexibility index (Phi) is 4.37. The average molecular weight is 255 g/mol. The lowest BCUT2D eigenvalue weighted by Gasteiger charge is -2.36. The van der Waals surface area contributed by atoms with Crippen LogP contribution in [0.5, 0.6) is 0 Å². The van der Waals surface area contributed by atoms with E-state index in [1.807, 2.05) is 0 Å². The summed E-state index contributed by atoms with van der Waals surface area (Å²) in [5, 5.41) is 2.77. The number of nitrogens with two attached hydrogens (primary N) is 2. The quantitative estimate of drug-likeness (QED) is 0.683. The SMILES string of the molecule is CC1CCCC(N)(C(=O)NCC(C)(C)C(N)=O)C1. The van der Waals surface area contributed by atoms with Gasteiger partial charge in [0, 0.05) is 6.54 Å². The van der Waals surface area contributed by atoms with Crippen molar-refractivity contribution in [1.29, 1.82) is 0 Å². The predicted molar refractivity (Wildman–Crippen MR) is 70.5 cm³/mol. The Bertz CT molecular complexity index is 341. The molecule has 1 saturated carbocycles. The standard InChI is InChI=1S/C13H25N3O2/c1-9-5-4-6-13(15,7-9)11(18)16-8-12(2,3)10(14)17/h9H,4-8,15H2,1-3H3,(H2,14,17)(H,16,18). The molecule has 1 fully saturated rings. The van der Waals surface area contributed by atoms with Gasteiger partial charge in [-0.15, -0.1) is 0 Å². The molecular formula is C13H25N3O2. The van der Waals surface area contributed by atoms with Crippen LogP contribution in [0, 0.1) is 11.3 Å². The zero-order valence-electron chi connectivity index (χ0n) is 11.6. The minimum Gasteiger partial charge on any atom is -0.369 e. The Morgan fingerprint density at radius 1 is 1.44 bits per heavy atom. The number of rotatable bonds is 4. The Balaban J connectivity index is 2.57. The van der Waals surface area contributed by atoms with Gasteiger partial charge in [-0.25, -0.2) is 0 Å². The van der Waals surface area contributed by atoms with Gasteiger partial charge in [0.2, 0.25) is 11.8 Å². The fourth-order valence-corrected chi connectivity index (χ4v) is 2.36. The van der Waals surface area contributed by atoms with Crippen molar-refractivity contribution in [2.75, 3.05) is 6.54 Å². The molecule has 0 bridgehead atoms. The first kappa shape index (κ1) is 15.0. The molecule has 0 spiro atoms. The van der Waals surface area contributed by atoms with Crippen LogP contribution < -0.4 is 16.8 Å². The zero-order chi connectivity index (χ0) is 14.0. The van der Waals surface area contributed by atoms with Gasteiger partial charge in [-0.2, -0.15) is 0 Å². The molecule has 1 rings (SSSR count). The van der Waals surface area contributed by atoms with Crippen molar-refractivity contribution in [1.82, 2.24) is 5.32 Å². The van der Waals surface area contributed by atoms with E-state index in [2.05, 4.69) is 12.2 Å². The maximum atomic E-state index is 12.1. The van der Waals surface area contributed by atoms with E-state index in [9.17, 15) is 9.59 Å². The van der Waals surface area contributed by atoms with Crippen LogP contribution in [0.25, 0.3) is 0 Å². The Labute approximate surface area is 109 Å². The second-order valence-corrected chi connectivity index (χ2v) is 6.29. The van der Waals surface area contributed by atoms with Gasteiger partial charge in [-0.3, -0.25) is 9.59 Å². The van der Waals surface area contributed by atoms with Crippen molar-refractivity contribution >= 4 is 11.8 Å². The van der Waals surface area contributed by atoms with Gasteiger partial charge < -0.3 is 16.8 Å². The Morgan fingerprint density at radius 3 is 2.56 bits per heavy atom. The molecule has 18 heavy (non-hydrogen) atoms. The molecule has 0 aromatic heterocycles. The highest BCUT2D eigenvalue weighted by molar-refractivity contribution is 5.87. The van der Waals surface area contributed by atoms with Crippen LogP contribution >= 0.6 is 0 Å². The van der Waals surface area contributed by atoms with Crippen molar-refractivity contribution in [2.24, 2.45) is 22.8 Å². The monoisotopic (exact) mass is 255 g/mol. The highest BCUT2D eigenvalue weighted by Crippen LogP contribution is 2.30. The first-order valence-electron chi connectivity index (χ1n) is 6.54. The van der Waals surface area contributed by atoms with Crippen molar-refractivity contribution < 1.29 is 9.59 Å². The third kappa shape index (κ3) is 3.45. The predicted octanol–water partition coefficient (Wildman–Crippen LogP) is 0.522. The van der Waals surface area contributed by atoms with Crippen molar-refractivity contribution in [3.05, 3.63) is 0 Å². The van der Waals surface area contributed by atoms with Gasteiger partial charge >= 0.3 is 0 Å². The molecule has 2 amide bonds. The molecular weight excluding hydrogens is 230 g/mol. The number of hydrogen-bond acceptors (Lipinski definition) is 3. The van der Waals surface area contributed by atoms with Crippen molar-refractivity contribution in [3.63, 3.8) is 0 Å². The van der Waals surface area contributed by atoms with Gasteiger partial charge in [0.1, 0.15) is 0 Å². The summed E-state index contributed by atoms with van der Waals surface area (Å²) in [6, 6.07) is 0. The molecule has 2 unspecified atom stereocenters. The van der Waals surface area contributed by atoms with Gasteiger partial charge in [-0.1, -0.05) is 19.8 Å². The highest BCUT2D eigenvalue weighted by Gasteiger charge is 2.38. The van der Waals surface area contributed by atoms with E-state index >= 15 is 0 Å². The minimum absolute atomic E-state index is 0.164. The summed E-state index contributed by atoms with van der Waals surface area (Å²) in [5.41, 5.74) is 9.91. The number of nitrogens with one attached hydrogen (secondary N) is 1. The van der Waals surface area contributed by atoms with E-state index < -0.39 is 16.9 Å². The fourth-order valence-electron chi connectivity index (χ4n) is 2.36. The summed E-state index contributed by atoms with van der Waals surface area (Å²) in [6.45, 7) is 5.76. The van der Waals surface area contributed by atoms with Crippen LogP contribution in [0.1, 0.15) is 46.5 Å². The van der Waals surface area contributed by atoms with Crippen LogP contribution in [0.3, 0.4) is 0 Å². The van der Waals surface area contributed by atoms with Crippen LogP contribution in [-0.2, 0) is 9.59 Å². The molecule has 5 heteroatoms. The molecule has 1 aliphatic rings. The molecule has 1 aliphatic carbocycles. The second-order valence-electron chi connectivity index (χ2n) is 6.29. The number of hydrogen-bond donors (Lipinski definition) is 3. The zero-order valence-corrected chi connectivity index (χ0v) is 11.6. The molecule has 104 valence electrons. The lowest BCUT2D eigenvalue weighted by Crippen LogP contribution is -2.58. The largest absolute Gasteiger partial charge is 0.369 e. The topological polar surface area (TPSA) is 98.2 Å². The van der Waals surface area contributed by atoms with Gasteiger partial charge in [-0.05, 0) is 32.6 Å². The average Bonchev–Trinajstić information content (AvgIpc) is 2.25. The maximum Gasteiger partial charge on any atom is 0.240 e. The van der Waals surface area contributed by atoms with Gasteiger partial charge in [0.05, 0.1) is 11.0 Å². The Morgan fingerprint density at radius 2 is 2.06 bits per heavy atom. The van der Waals surface area contributed by atoms with Crippen LogP contribution in [0.15, 0.2) is 0 Å². The number of carbonyl (C=O) groups is 2. The lowest BCUT2D eigenvalue weighted by molar-refractivity contribution is -0.130. The number of carbonyl (C=O) groups excluding carboxylic acids is 2. The smallest absolute Gasteiger partial charge is 0.240 e. The number of amides is 2. The van der Waals surface area contributed by atoms with E-state index in [1.165, 1.54) is 0 Å². The van der Waals surface area contributed by atoms with Crippen LogP contribution in [0.2, 0.25) is 0 Å². The van der Waals surface area contributed by atoms with Gasteiger partial charge in [0.25, 0.3) is 0 Å². The molecule has 0 aliphatic heterocycles. The minimum atomic E-state index is -0.786. The molecule has 0 aromatic carbocycles. The second kappa shape index (κ2) is 5.26. The summed E-state index contributed by atoms with van der Waals surface area (Å²) in [6.07, 6.45) is 3.51. The summed E-state index contributed by atoms with van der Waals surface area (Å²) in [5.74, 6) is -0.118. The molecule has 0 aromatic rings. The first-order chi connectivity index (χ1) is 8.17. The van der Waals surface area contributed by atoms with Crippen LogP contribution in [0.4, 0.5) is 0 Å². The van der Waals surface area contributed by atoms with E-state index in [0.717, 1.165) is 12.8 Å². The Hall–Kier alpha value is -1.10. The molecule has 0 radical (unpaired) electrons. The summed E-state index contributed by atoms with van der Waals surface area (Å²) >= 11 is 0. The third-order valence-corrected chi connectivity index (χ3v) is 3.84. The fraction of sp³-hybridized carbons (Fsp3) is 0.846. The first-order valence-corrected chi connectivity index (χ1v) is 6.54. The normalized spacial score (nSPS) is 28.8. The van der Waals surface area contributed by atoms with E-state index in [4.69, 9.17) is 11.5 Å². The summed E-state index contributed by atoms with van der Waals surface area (Å²) < 4.78 is 0. The molecule has 2 atom stereocenters. The summed E-state index contributed by atoms with van der Waals surface area (Å²) in [4.78, 5) is 23.3. The highest BCUT2D eigenvalue weighted by atomic mass is 16.2. The third-order valence-electron chi connectivity index (χ3n) is 3.84. The van der Waals surface area contributed by atoms with Crippen molar-refractivity contribution in [2.45, 2.75) is 52.0 Å². The number of primary amides is 1. The molecule has 5 N–H and O–H groups in total. The molecule has 0 heterocycles. The maximum absolute atomic E-state index is 12.1. The van der Waals surface area contributed by atoms with Gasteiger partial charge in [0.15, 0.2) is 0 Å². The molecule has 5 nitrogen and oxygen atoms in total. The van der Waals surface area contributed by atoms with E-state index in [1.54, 1.807) is 13.8 Å². The lowest BCUT2D eigenvalue weighted by atomic mass is 9.76. The molecule has 0 saturated heterocycles. The van der Waals surface area contributed by atoms with E-state index in [0.29, 0.717) is 18.8 Å². The van der Waals surface area contributed by atoms with E-state index in [-0.39, 0.29) is 12.5 Å². The van der Waals surface area contributed by atoms with Crippen molar-refractivity contribution in [3.8, 4) is 0 Å². The van der Waals surface area contributed by atoms with Crippen LogP contribution in [-0.4, -0.2) is 23.9 Å². The summed E-state index contributed by atoms with van der Waals surface area (Å²) in [7, 11) is 0.